The van der Waals surface area contributed by atoms with Crippen LogP contribution in [0.3, 0.4) is 0 Å². The number of nitrogens with one attached hydrogen (secondary N) is 3. The Morgan fingerprint density at radius 1 is 0.689 bits per heavy atom. The van der Waals surface area contributed by atoms with Gasteiger partial charge in [-0.2, -0.15) is 0 Å². The zero-order valence-electron chi connectivity index (χ0n) is 23.7. The Balaban J connectivity index is 1.37. The molecule has 3 amide bonds. The van der Waals surface area contributed by atoms with Crippen molar-refractivity contribution in [2.75, 3.05) is 10.6 Å². The van der Waals surface area contributed by atoms with Crippen molar-refractivity contribution in [2.45, 2.75) is 10.1 Å². The van der Waals surface area contributed by atoms with E-state index in [1.54, 1.807) is 66.7 Å². The molecule has 9 heteroatoms. The largest absolute Gasteiger partial charge is 0.323 e. The fourth-order valence-corrected chi connectivity index (χ4v) is 5.77. The molecule has 0 aliphatic carbocycles. The van der Waals surface area contributed by atoms with Crippen molar-refractivity contribution in [3.8, 4) is 0 Å². The van der Waals surface area contributed by atoms with E-state index >= 15 is 0 Å². The number of thioether (sulfide) groups is 1. The lowest BCUT2D eigenvalue weighted by molar-refractivity contribution is -0.116. The van der Waals surface area contributed by atoms with Crippen molar-refractivity contribution in [2.24, 2.45) is 0 Å². The Morgan fingerprint density at radius 2 is 1.33 bits per heavy atom. The normalized spacial score (nSPS) is 11.7. The topological polar surface area (TPSA) is 87.3 Å². The van der Waals surface area contributed by atoms with E-state index < -0.39 is 17.1 Å². The fourth-order valence-electron chi connectivity index (χ4n) is 4.34. The molecule has 5 aromatic rings. The first kappa shape index (κ1) is 31.6. The highest BCUT2D eigenvalue weighted by atomic mass is 35.5. The first-order valence-corrected chi connectivity index (χ1v) is 15.5. The van der Waals surface area contributed by atoms with Crippen LogP contribution in [0.2, 0.25) is 10.0 Å². The second-order valence-electron chi connectivity index (χ2n) is 9.77. The Kier molecular flexibility index (Phi) is 10.7. The predicted molar refractivity (Wildman–Crippen MR) is 184 cm³/mol. The second kappa shape index (κ2) is 15.3. The highest BCUT2D eigenvalue weighted by Crippen LogP contribution is 2.38. The number of carbonyl (C=O) groups is 3. The van der Waals surface area contributed by atoms with Crippen LogP contribution in [0, 0.1) is 0 Å². The van der Waals surface area contributed by atoms with Crippen molar-refractivity contribution in [1.82, 2.24) is 5.32 Å². The predicted octanol–water partition coefficient (Wildman–Crippen LogP) is 8.88. The fraction of sp³-hybridized carbons (Fsp3) is 0.0278. The van der Waals surface area contributed by atoms with E-state index in [2.05, 4.69) is 16.0 Å². The smallest absolute Gasteiger partial charge is 0.272 e. The summed E-state index contributed by atoms with van der Waals surface area (Å²) in [6.07, 6.45) is 1.62. The third-order valence-corrected chi connectivity index (χ3v) is 8.60. The lowest BCUT2D eigenvalue weighted by atomic mass is 10.1. The summed E-state index contributed by atoms with van der Waals surface area (Å²) in [4.78, 5) is 40.8. The van der Waals surface area contributed by atoms with Gasteiger partial charge in [-0.15, -0.1) is 11.8 Å². The minimum Gasteiger partial charge on any atom is -0.323 e. The van der Waals surface area contributed by atoms with Crippen molar-refractivity contribution in [1.29, 1.82) is 0 Å². The lowest BCUT2D eigenvalue weighted by Crippen LogP contribution is -2.30. The van der Waals surface area contributed by atoms with E-state index in [0.717, 1.165) is 16.0 Å². The highest BCUT2D eigenvalue weighted by Gasteiger charge is 2.24. The van der Waals surface area contributed by atoms with Gasteiger partial charge in [-0.1, -0.05) is 114 Å². The number of hydrogen-bond donors (Lipinski definition) is 3. The zero-order chi connectivity index (χ0) is 31.6. The van der Waals surface area contributed by atoms with Gasteiger partial charge in [0.25, 0.3) is 11.8 Å². The van der Waals surface area contributed by atoms with Gasteiger partial charge >= 0.3 is 0 Å². The third-order valence-electron chi connectivity index (χ3n) is 6.54. The molecular weight excluding hydrogens is 625 g/mol. The maximum Gasteiger partial charge on any atom is 0.272 e. The Hall–Kier alpha value is -4.82. The molecule has 0 fully saturated rings. The Morgan fingerprint density at radius 3 is 2.04 bits per heavy atom. The summed E-state index contributed by atoms with van der Waals surface area (Å²) in [5, 5.41) is 8.47. The quantitative estimate of drug-likeness (QED) is 0.104. The van der Waals surface area contributed by atoms with Gasteiger partial charge < -0.3 is 16.0 Å². The monoisotopic (exact) mass is 651 g/mol. The minimum absolute atomic E-state index is 0.0769. The summed E-state index contributed by atoms with van der Waals surface area (Å²) >= 11 is 13.8. The molecule has 0 aromatic heterocycles. The molecule has 0 saturated carbocycles. The number of carbonyl (C=O) groups excluding carboxylic acids is 3. The molecule has 0 radical (unpaired) electrons. The molecule has 45 heavy (non-hydrogen) atoms. The van der Waals surface area contributed by atoms with E-state index in [1.807, 2.05) is 72.8 Å². The summed E-state index contributed by atoms with van der Waals surface area (Å²) in [6, 6.07) is 39.5. The van der Waals surface area contributed by atoms with E-state index in [0.29, 0.717) is 22.0 Å². The molecule has 0 heterocycles. The average Bonchev–Trinajstić information content (AvgIpc) is 3.07. The van der Waals surface area contributed by atoms with Gasteiger partial charge in [0.15, 0.2) is 0 Å². The van der Waals surface area contributed by atoms with Crippen LogP contribution in [-0.2, 0) is 9.59 Å². The van der Waals surface area contributed by atoms with Gasteiger partial charge in [0.2, 0.25) is 5.91 Å². The van der Waals surface area contributed by atoms with Crippen LogP contribution in [0.4, 0.5) is 11.4 Å². The molecule has 0 aliphatic heterocycles. The molecule has 5 aromatic carbocycles. The maximum absolute atomic E-state index is 13.6. The van der Waals surface area contributed by atoms with E-state index in [-0.39, 0.29) is 16.6 Å². The van der Waals surface area contributed by atoms with E-state index in [9.17, 15) is 14.4 Å². The average molecular weight is 653 g/mol. The molecule has 224 valence electrons. The number of rotatable bonds is 10. The van der Waals surface area contributed by atoms with E-state index in [4.69, 9.17) is 23.2 Å². The summed E-state index contributed by atoms with van der Waals surface area (Å²) in [5.41, 5.74) is 2.93. The molecule has 6 nitrogen and oxygen atoms in total. The number of hydrogen-bond acceptors (Lipinski definition) is 4. The first-order valence-electron chi connectivity index (χ1n) is 13.9. The van der Waals surface area contributed by atoms with Crippen LogP contribution in [0.15, 0.2) is 144 Å². The van der Waals surface area contributed by atoms with Gasteiger partial charge in [0.1, 0.15) is 10.9 Å². The molecule has 1 atom stereocenters. The van der Waals surface area contributed by atoms with Crippen LogP contribution in [0.5, 0.6) is 0 Å². The van der Waals surface area contributed by atoms with Crippen LogP contribution in [-0.4, -0.2) is 17.7 Å². The molecular formula is C36H27Cl2N3O3S. The SMILES string of the molecule is O=C(Nc1cccc(SC(C(=O)Nc2cccc(Cl)c2Cl)c2ccccc2)c1)/C(=C/c1ccccc1)NC(=O)c1ccccc1. The number of halogens is 2. The van der Waals surface area contributed by atoms with Gasteiger partial charge in [-0.25, -0.2) is 0 Å². The highest BCUT2D eigenvalue weighted by molar-refractivity contribution is 8.00. The summed E-state index contributed by atoms with van der Waals surface area (Å²) in [6.45, 7) is 0. The molecule has 5 rings (SSSR count). The van der Waals surface area contributed by atoms with E-state index in [1.165, 1.54) is 11.8 Å². The maximum atomic E-state index is 13.6. The molecule has 1 unspecified atom stereocenters. The van der Waals surface area contributed by atoms with Crippen LogP contribution >= 0.6 is 35.0 Å². The summed E-state index contributed by atoms with van der Waals surface area (Å²) in [5.74, 6) is -1.20. The zero-order valence-corrected chi connectivity index (χ0v) is 26.1. The molecule has 3 N–H and O–H groups in total. The minimum atomic E-state index is -0.647. The Bertz CT molecular complexity index is 1840. The van der Waals surface area contributed by atoms with Crippen molar-refractivity contribution in [3.05, 3.63) is 166 Å². The molecule has 0 aliphatic rings. The number of anilines is 2. The second-order valence-corrected chi connectivity index (χ2v) is 11.7. The van der Waals surface area contributed by atoms with Gasteiger partial charge in [-0.3, -0.25) is 14.4 Å². The third kappa shape index (κ3) is 8.64. The van der Waals surface area contributed by atoms with Gasteiger partial charge in [-0.05, 0) is 59.7 Å². The van der Waals surface area contributed by atoms with Gasteiger partial charge in [0, 0.05) is 16.1 Å². The van der Waals surface area contributed by atoms with Crippen molar-refractivity contribution < 1.29 is 14.4 Å². The number of benzene rings is 5. The molecule has 0 saturated heterocycles. The first-order chi connectivity index (χ1) is 21.9. The van der Waals surface area contributed by atoms with Crippen LogP contribution < -0.4 is 16.0 Å². The summed E-state index contributed by atoms with van der Waals surface area (Å²) < 4.78 is 0. The van der Waals surface area contributed by atoms with Crippen molar-refractivity contribution >= 4 is 70.1 Å². The van der Waals surface area contributed by atoms with Gasteiger partial charge in [0.05, 0.1) is 15.7 Å². The van der Waals surface area contributed by atoms with Crippen LogP contribution in [0.25, 0.3) is 6.08 Å². The standard InChI is InChI=1S/C36H27Cl2N3O3S/c37-29-20-11-21-30(32(29)38)40-36(44)33(25-14-6-2-7-15-25)45-28-19-10-18-27(23-28)39-35(43)31(22-24-12-4-1-5-13-24)41-34(42)26-16-8-3-9-17-26/h1-23,33H,(H,39,43)(H,40,44)(H,41,42)/b31-22-. The molecule has 0 bridgehead atoms. The van der Waals surface area contributed by atoms with Crippen LogP contribution in [0.1, 0.15) is 26.7 Å². The Labute approximate surface area is 275 Å². The lowest BCUT2D eigenvalue weighted by Gasteiger charge is -2.18. The molecule has 0 spiro atoms. The summed E-state index contributed by atoms with van der Waals surface area (Å²) in [7, 11) is 0. The number of amides is 3. The van der Waals surface area contributed by atoms with Crippen molar-refractivity contribution in [3.63, 3.8) is 0 Å².